The minimum Gasteiger partial charge on any atom is -0.396 e. The lowest BCUT2D eigenvalue weighted by Crippen LogP contribution is -2.16. The van der Waals surface area contributed by atoms with E-state index >= 15 is 0 Å². The molecular weight excluding hydrogens is 276 g/mol. The Morgan fingerprint density at radius 1 is 1.53 bits per heavy atom. The van der Waals surface area contributed by atoms with Crippen LogP contribution in [0.3, 0.4) is 0 Å². The molecule has 0 aliphatic rings. The molecule has 2 N–H and O–H groups in total. The van der Waals surface area contributed by atoms with E-state index in [0.717, 1.165) is 15.6 Å². The Kier molecular flexibility index (Phi) is 4.30. The normalized spacial score (nSPS) is 10.2. The van der Waals surface area contributed by atoms with Crippen molar-refractivity contribution in [3.8, 4) is 6.07 Å². The molecule has 0 amide bonds. The number of anilines is 2. The zero-order valence-electron chi connectivity index (χ0n) is 10.8. The maximum Gasteiger partial charge on any atom is 0.131 e. The molecule has 0 radical (unpaired) electrons. The van der Waals surface area contributed by atoms with Crippen molar-refractivity contribution in [3.05, 3.63) is 35.0 Å². The Morgan fingerprint density at radius 3 is 2.89 bits per heavy atom. The second kappa shape index (κ2) is 5.95. The number of thiophene rings is 1. The van der Waals surface area contributed by atoms with Crippen LogP contribution in [0.5, 0.6) is 0 Å². The first kappa shape index (κ1) is 13.7. The zero-order valence-corrected chi connectivity index (χ0v) is 12.4. The molecule has 19 heavy (non-hydrogen) atoms. The van der Waals surface area contributed by atoms with E-state index in [9.17, 15) is 0 Å². The van der Waals surface area contributed by atoms with Gasteiger partial charge in [-0.2, -0.15) is 5.26 Å². The summed E-state index contributed by atoms with van der Waals surface area (Å²) in [5.41, 5.74) is 7.56. The summed E-state index contributed by atoms with van der Waals surface area (Å²) in [6, 6.07) is 7.99. The van der Waals surface area contributed by atoms with Crippen LogP contribution in [0.1, 0.15) is 10.6 Å². The van der Waals surface area contributed by atoms with Crippen LogP contribution < -0.4 is 10.6 Å². The minimum atomic E-state index is 0.576. The van der Waals surface area contributed by atoms with Gasteiger partial charge in [-0.25, -0.2) is 0 Å². The van der Waals surface area contributed by atoms with Crippen LogP contribution in [-0.2, 0) is 6.54 Å². The molecule has 0 bridgehead atoms. The van der Waals surface area contributed by atoms with Crippen molar-refractivity contribution in [3.63, 3.8) is 0 Å². The van der Waals surface area contributed by atoms with Crippen LogP contribution in [0, 0.1) is 11.3 Å². The van der Waals surface area contributed by atoms with E-state index in [0.29, 0.717) is 17.1 Å². The van der Waals surface area contributed by atoms with Gasteiger partial charge in [-0.15, -0.1) is 23.1 Å². The van der Waals surface area contributed by atoms with Gasteiger partial charge in [0.15, 0.2) is 0 Å². The largest absolute Gasteiger partial charge is 0.396 e. The molecule has 0 saturated heterocycles. The number of nitrogens with two attached hydrogens (primary N) is 1. The molecule has 4 nitrogen and oxygen atoms in total. The van der Waals surface area contributed by atoms with Gasteiger partial charge in [0.05, 0.1) is 22.8 Å². The van der Waals surface area contributed by atoms with E-state index in [1.165, 1.54) is 11.3 Å². The number of nitrogen functional groups attached to an aromatic ring is 1. The Labute approximate surface area is 120 Å². The molecule has 2 aromatic rings. The zero-order chi connectivity index (χ0) is 13.8. The molecule has 98 valence electrons. The summed E-state index contributed by atoms with van der Waals surface area (Å²) in [7, 11) is 1.99. The topological polar surface area (TPSA) is 65.9 Å². The van der Waals surface area contributed by atoms with Gasteiger partial charge in [0.1, 0.15) is 15.9 Å². The van der Waals surface area contributed by atoms with Gasteiger partial charge in [0, 0.05) is 13.2 Å². The van der Waals surface area contributed by atoms with E-state index in [1.54, 1.807) is 18.0 Å². The average Bonchev–Trinajstić information content (AvgIpc) is 2.76. The van der Waals surface area contributed by atoms with Crippen molar-refractivity contribution in [2.24, 2.45) is 0 Å². The second-order valence-corrected chi connectivity index (χ2v) is 5.79. The molecule has 0 atom stereocenters. The number of pyridine rings is 1. The van der Waals surface area contributed by atoms with Crippen LogP contribution in [0.25, 0.3) is 0 Å². The smallest absolute Gasteiger partial charge is 0.131 e. The fourth-order valence-corrected chi connectivity index (χ4v) is 3.72. The molecule has 6 heteroatoms. The summed E-state index contributed by atoms with van der Waals surface area (Å²) in [4.78, 5) is 7.94. The SMILES string of the molecule is CSc1c(N(C)Cc2ccccn2)sc(C#N)c1N. The lowest BCUT2D eigenvalue weighted by atomic mass is 10.3. The number of nitriles is 1. The quantitative estimate of drug-likeness (QED) is 0.877. The van der Waals surface area contributed by atoms with Crippen molar-refractivity contribution in [2.45, 2.75) is 11.4 Å². The molecule has 0 aliphatic carbocycles. The fourth-order valence-electron chi connectivity index (χ4n) is 1.75. The van der Waals surface area contributed by atoms with Crippen LogP contribution in [-0.4, -0.2) is 18.3 Å². The van der Waals surface area contributed by atoms with E-state index in [4.69, 9.17) is 11.0 Å². The molecule has 2 heterocycles. The Morgan fingerprint density at radius 2 is 2.32 bits per heavy atom. The average molecular weight is 290 g/mol. The summed E-state index contributed by atoms with van der Waals surface area (Å²) in [6.07, 6.45) is 3.75. The lowest BCUT2D eigenvalue weighted by molar-refractivity contribution is 0.886. The van der Waals surface area contributed by atoms with Crippen LogP contribution in [0.15, 0.2) is 29.3 Å². The molecule has 0 aliphatic heterocycles. The first-order valence-corrected chi connectivity index (χ1v) is 7.69. The highest BCUT2D eigenvalue weighted by molar-refractivity contribution is 7.99. The Hall–Kier alpha value is -1.71. The summed E-state index contributed by atoms with van der Waals surface area (Å²) in [6.45, 7) is 0.694. The van der Waals surface area contributed by atoms with Crippen LogP contribution in [0.4, 0.5) is 10.7 Å². The maximum absolute atomic E-state index is 9.06. The molecule has 2 aromatic heterocycles. The molecule has 2 rings (SSSR count). The minimum absolute atomic E-state index is 0.576. The fraction of sp³-hybridized carbons (Fsp3) is 0.231. The monoisotopic (exact) mass is 290 g/mol. The van der Waals surface area contributed by atoms with Crippen molar-refractivity contribution >= 4 is 33.8 Å². The van der Waals surface area contributed by atoms with Gasteiger partial charge in [-0.05, 0) is 18.4 Å². The van der Waals surface area contributed by atoms with E-state index in [1.807, 2.05) is 31.5 Å². The molecule has 0 unspecified atom stereocenters. The highest BCUT2D eigenvalue weighted by Crippen LogP contribution is 2.43. The van der Waals surface area contributed by atoms with Gasteiger partial charge >= 0.3 is 0 Å². The van der Waals surface area contributed by atoms with Gasteiger partial charge in [-0.3, -0.25) is 4.98 Å². The van der Waals surface area contributed by atoms with Crippen LogP contribution >= 0.6 is 23.1 Å². The third-order valence-corrected chi connectivity index (χ3v) is 4.84. The van der Waals surface area contributed by atoms with Crippen LogP contribution in [0.2, 0.25) is 0 Å². The molecule has 0 fully saturated rings. The van der Waals surface area contributed by atoms with E-state index < -0.39 is 0 Å². The number of thioether (sulfide) groups is 1. The Bertz CT molecular complexity index is 601. The standard InChI is InChI=1S/C13H14N4S2/c1-17(8-9-5-3-4-6-16-9)13-12(18-2)11(15)10(7-14)19-13/h3-6H,8,15H2,1-2H3. The number of nitrogens with zero attached hydrogens (tertiary/aromatic N) is 3. The summed E-state index contributed by atoms with van der Waals surface area (Å²) in [5, 5.41) is 10.1. The number of hydrogen-bond acceptors (Lipinski definition) is 6. The molecule has 0 saturated carbocycles. The van der Waals surface area contributed by atoms with E-state index in [2.05, 4.69) is 16.0 Å². The van der Waals surface area contributed by atoms with E-state index in [-0.39, 0.29) is 0 Å². The summed E-state index contributed by atoms with van der Waals surface area (Å²) >= 11 is 3.00. The number of aromatic nitrogens is 1. The highest BCUT2D eigenvalue weighted by Gasteiger charge is 2.18. The Balaban J connectivity index is 2.29. The number of hydrogen-bond donors (Lipinski definition) is 1. The highest BCUT2D eigenvalue weighted by atomic mass is 32.2. The first-order chi connectivity index (χ1) is 9.17. The van der Waals surface area contributed by atoms with Crippen molar-refractivity contribution in [2.75, 3.05) is 23.9 Å². The molecule has 0 aromatic carbocycles. The molecular formula is C13H14N4S2. The number of rotatable bonds is 4. The summed E-state index contributed by atoms with van der Waals surface area (Å²) in [5.74, 6) is 0. The van der Waals surface area contributed by atoms with Crippen molar-refractivity contribution < 1.29 is 0 Å². The van der Waals surface area contributed by atoms with Gasteiger partial charge in [0.25, 0.3) is 0 Å². The predicted octanol–water partition coefficient (Wildman–Crippen LogP) is 2.96. The van der Waals surface area contributed by atoms with Gasteiger partial charge in [-0.1, -0.05) is 6.07 Å². The first-order valence-electron chi connectivity index (χ1n) is 5.64. The van der Waals surface area contributed by atoms with Gasteiger partial charge in [0.2, 0.25) is 0 Å². The van der Waals surface area contributed by atoms with Crippen molar-refractivity contribution in [1.29, 1.82) is 5.26 Å². The summed E-state index contributed by atoms with van der Waals surface area (Å²) < 4.78 is 0. The van der Waals surface area contributed by atoms with Crippen molar-refractivity contribution in [1.82, 2.24) is 4.98 Å². The third-order valence-electron chi connectivity index (χ3n) is 2.66. The predicted molar refractivity (Wildman–Crippen MR) is 81.6 cm³/mol. The van der Waals surface area contributed by atoms with Gasteiger partial charge < -0.3 is 10.6 Å². The third kappa shape index (κ3) is 2.83. The lowest BCUT2D eigenvalue weighted by Gasteiger charge is -2.18. The molecule has 0 spiro atoms. The maximum atomic E-state index is 9.06. The second-order valence-electron chi connectivity index (χ2n) is 3.97.